The van der Waals surface area contributed by atoms with E-state index in [-0.39, 0.29) is 0 Å². The number of rotatable bonds is 12. The number of hydrogen-bond acceptors (Lipinski definition) is 3. The molecule has 2 N–H and O–H groups in total. The molecular weight excluding hydrogens is 272 g/mol. The number of carbonyl (C=O) groups is 2. The number of aliphatic carboxylic acids is 2. The molecule has 0 radical (unpaired) electrons. The van der Waals surface area contributed by atoms with E-state index in [0.29, 0.717) is 13.2 Å². The zero-order chi connectivity index (χ0) is 15.3. The molecule has 0 saturated heterocycles. The fourth-order valence-corrected chi connectivity index (χ4v) is 2.88. The molecule has 0 aromatic carbocycles. The SMILES string of the molecule is O=C(O)C1(CCCCOCCCCC2(C(=O)O)CC2)CC1. The van der Waals surface area contributed by atoms with Crippen LogP contribution in [0, 0.1) is 10.8 Å². The van der Waals surface area contributed by atoms with Crippen LogP contribution in [0.3, 0.4) is 0 Å². The Morgan fingerprint density at radius 2 is 1.14 bits per heavy atom. The molecule has 2 saturated carbocycles. The summed E-state index contributed by atoms with van der Waals surface area (Å²) in [4.78, 5) is 22.0. The molecule has 0 aliphatic heterocycles. The fraction of sp³-hybridized carbons (Fsp3) is 0.875. The Labute approximate surface area is 125 Å². The van der Waals surface area contributed by atoms with Gasteiger partial charge in [-0.3, -0.25) is 9.59 Å². The highest BCUT2D eigenvalue weighted by atomic mass is 16.5. The van der Waals surface area contributed by atoms with E-state index in [2.05, 4.69) is 0 Å². The molecule has 0 bridgehead atoms. The Morgan fingerprint density at radius 3 is 1.43 bits per heavy atom. The maximum atomic E-state index is 11.0. The van der Waals surface area contributed by atoms with E-state index < -0.39 is 22.8 Å². The monoisotopic (exact) mass is 298 g/mol. The van der Waals surface area contributed by atoms with E-state index in [1.807, 2.05) is 0 Å². The number of hydrogen-bond donors (Lipinski definition) is 2. The minimum absolute atomic E-state index is 0.407. The molecule has 0 amide bonds. The van der Waals surface area contributed by atoms with E-state index >= 15 is 0 Å². The predicted octanol–water partition coefficient (Wildman–Crippen LogP) is 3.07. The third-order valence-corrected chi connectivity index (χ3v) is 5.00. The lowest BCUT2D eigenvalue weighted by Crippen LogP contribution is -2.15. The number of carboxylic acids is 2. The summed E-state index contributed by atoms with van der Waals surface area (Å²) in [6, 6.07) is 0. The average molecular weight is 298 g/mol. The van der Waals surface area contributed by atoms with Gasteiger partial charge >= 0.3 is 11.9 Å². The highest BCUT2D eigenvalue weighted by Gasteiger charge is 2.49. The van der Waals surface area contributed by atoms with Crippen LogP contribution in [0.2, 0.25) is 0 Å². The van der Waals surface area contributed by atoms with Crippen LogP contribution < -0.4 is 0 Å². The molecule has 21 heavy (non-hydrogen) atoms. The molecule has 0 heterocycles. The molecule has 2 aliphatic carbocycles. The lowest BCUT2D eigenvalue weighted by atomic mass is 9.99. The summed E-state index contributed by atoms with van der Waals surface area (Å²) in [6.07, 6.45) is 8.50. The summed E-state index contributed by atoms with van der Waals surface area (Å²) >= 11 is 0. The average Bonchev–Trinajstić information content (AvgIpc) is 3.32. The highest BCUT2D eigenvalue weighted by molar-refractivity contribution is 5.78. The van der Waals surface area contributed by atoms with Gasteiger partial charge in [0.1, 0.15) is 0 Å². The van der Waals surface area contributed by atoms with Gasteiger partial charge in [-0.1, -0.05) is 12.8 Å². The number of ether oxygens (including phenoxy) is 1. The summed E-state index contributed by atoms with van der Waals surface area (Å²) < 4.78 is 5.53. The number of unbranched alkanes of at least 4 members (excludes halogenated alkanes) is 2. The first-order valence-corrected chi connectivity index (χ1v) is 8.05. The smallest absolute Gasteiger partial charge is 0.309 e. The summed E-state index contributed by atoms with van der Waals surface area (Å²) in [6.45, 7) is 1.36. The first-order valence-electron chi connectivity index (χ1n) is 8.05. The molecular formula is C16H26O5. The van der Waals surface area contributed by atoms with E-state index in [0.717, 1.165) is 64.2 Å². The van der Waals surface area contributed by atoms with E-state index in [9.17, 15) is 9.59 Å². The second-order valence-corrected chi connectivity index (χ2v) is 6.70. The van der Waals surface area contributed by atoms with Gasteiger partial charge in [-0.25, -0.2) is 0 Å². The second-order valence-electron chi connectivity index (χ2n) is 6.70. The molecule has 2 aliphatic rings. The molecule has 0 aromatic heterocycles. The van der Waals surface area contributed by atoms with Crippen molar-refractivity contribution in [2.24, 2.45) is 10.8 Å². The van der Waals surface area contributed by atoms with Crippen molar-refractivity contribution < 1.29 is 24.5 Å². The third kappa shape index (κ3) is 4.43. The van der Waals surface area contributed by atoms with Crippen molar-refractivity contribution in [2.75, 3.05) is 13.2 Å². The maximum Gasteiger partial charge on any atom is 0.309 e. The first-order chi connectivity index (χ1) is 10.0. The van der Waals surface area contributed by atoms with Crippen molar-refractivity contribution in [3.63, 3.8) is 0 Å². The Morgan fingerprint density at radius 1 is 0.762 bits per heavy atom. The van der Waals surface area contributed by atoms with E-state index in [4.69, 9.17) is 14.9 Å². The second kappa shape index (κ2) is 6.77. The van der Waals surface area contributed by atoms with Crippen LogP contribution in [0.4, 0.5) is 0 Å². The third-order valence-electron chi connectivity index (χ3n) is 5.00. The van der Waals surface area contributed by atoms with Gasteiger partial charge in [0.2, 0.25) is 0 Å². The Hall–Kier alpha value is -1.10. The normalized spacial score (nSPS) is 21.0. The highest BCUT2D eigenvalue weighted by Crippen LogP contribution is 2.50. The minimum atomic E-state index is -0.643. The van der Waals surface area contributed by atoms with Gasteiger partial charge in [-0.15, -0.1) is 0 Å². The van der Waals surface area contributed by atoms with E-state index in [1.54, 1.807) is 0 Å². The molecule has 0 aromatic rings. The van der Waals surface area contributed by atoms with Crippen molar-refractivity contribution in [1.82, 2.24) is 0 Å². The predicted molar refractivity (Wildman–Crippen MR) is 77.1 cm³/mol. The van der Waals surface area contributed by atoms with Crippen LogP contribution in [0.5, 0.6) is 0 Å². The summed E-state index contributed by atoms with van der Waals surface area (Å²) in [5, 5.41) is 18.1. The van der Waals surface area contributed by atoms with Crippen molar-refractivity contribution in [3.8, 4) is 0 Å². The quantitative estimate of drug-likeness (QED) is 0.541. The molecule has 2 rings (SSSR count). The standard InChI is InChI=1S/C16H26O5/c17-13(18)15(7-8-15)5-1-3-11-21-12-4-2-6-16(9-10-16)14(19)20/h1-12H2,(H,17,18)(H,19,20). The Bertz CT molecular complexity index is 346. The van der Waals surface area contributed by atoms with Crippen LogP contribution in [0.15, 0.2) is 0 Å². The molecule has 2 fully saturated rings. The maximum absolute atomic E-state index is 11.0. The van der Waals surface area contributed by atoms with Crippen LogP contribution in [0.25, 0.3) is 0 Å². The Kier molecular flexibility index (Phi) is 5.25. The Balaban J connectivity index is 1.39. The van der Waals surface area contributed by atoms with Crippen LogP contribution in [0.1, 0.15) is 64.2 Å². The molecule has 5 nitrogen and oxygen atoms in total. The lowest BCUT2D eigenvalue weighted by Gasteiger charge is -2.10. The van der Waals surface area contributed by atoms with Gasteiger partial charge in [0, 0.05) is 13.2 Å². The minimum Gasteiger partial charge on any atom is -0.481 e. The van der Waals surface area contributed by atoms with Crippen LogP contribution in [-0.2, 0) is 14.3 Å². The molecule has 0 atom stereocenters. The molecule has 0 spiro atoms. The molecule has 120 valence electrons. The van der Waals surface area contributed by atoms with Crippen LogP contribution in [-0.4, -0.2) is 35.4 Å². The van der Waals surface area contributed by atoms with Gasteiger partial charge < -0.3 is 14.9 Å². The van der Waals surface area contributed by atoms with Crippen molar-refractivity contribution in [1.29, 1.82) is 0 Å². The zero-order valence-corrected chi connectivity index (χ0v) is 12.6. The van der Waals surface area contributed by atoms with Gasteiger partial charge in [-0.05, 0) is 51.4 Å². The van der Waals surface area contributed by atoms with Gasteiger partial charge in [0.25, 0.3) is 0 Å². The van der Waals surface area contributed by atoms with E-state index in [1.165, 1.54) is 0 Å². The van der Waals surface area contributed by atoms with Crippen molar-refractivity contribution >= 4 is 11.9 Å². The topological polar surface area (TPSA) is 83.8 Å². The fourth-order valence-electron chi connectivity index (χ4n) is 2.88. The van der Waals surface area contributed by atoms with Gasteiger partial charge in [0.05, 0.1) is 10.8 Å². The number of carboxylic acid groups (broad SMARTS) is 2. The van der Waals surface area contributed by atoms with Gasteiger partial charge in [0.15, 0.2) is 0 Å². The largest absolute Gasteiger partial charge is 0.481 e. The first kappa shape index (κ1) is 16.3. The molecule has 0 unspecified atom stereocenters. The summed E-state index contributed by atoms with van der Waals surface area (Å²) in [7, 11) is 0. The summed E-state index contributed by atoms with van der Waals surface area (Å²) in [5.74, 6) is -1.29. The van der Waals surface area contributed by atoms with Crippen LogP contribution >= 0.6 is 0 Å². The van der Waals surface area contributed by atoms with Gasteiger partial charge in [-0.2, -0.15) is 0 Å². The van der Waals surface area contributed by atoms with Crippen molar-refractivity contribution in [3.05, 3.63) is 0 Å². The van der Waals surface area contributed by atoms with Crippen molar-refractivity contribution in [2.45, 2.75) is 64.2 Å². The zero-order valence-electron chi connectivity index (χ0n) is 12.6. The molecule has 5 heteroatoms. The lowest BCUT2D eigenvalue weighted by molar-refractivity contribution is -0.144. The summed E-state index contributed by atoms with van der Waals surface area (Å²) in [5.41, 5.74) is -0.815.